The van der Waals surface area contributed by atoms with E-state index in [1.54, 1.807) is 0 Å². The number of hydrogen-bond donors (Lipinski definition) is 2. The van der Waals surface area contributed by atoms with Gasteiger partial charge in [-0.25, -0.2) is 4.79 Å². The summed E-state index contributed by atoms with van der Waals surface area (Å²) in [5, 5.41) is 5.16. The molecular weight excluding hydrogens is 283 g/mol. The number of urea groups is 1. The molecule has 0 saturated carbocycles. The third kappa shape index (κ3) is 6.03. The SMILES string of the molecule is CCN(CC)CCNC(=O)Nc1ccc(C(F)(F)F)cc1. The Kier molecular flexibility index (Phi) is 6.48. The van der Waals surface area contributed by atoms with Crippen molar-refractivity contribution in [3.8, 4) is 0 Å². The number of likely N-dealkylation sites (N-methyl/N-ethyl adjacent to an activating group) is 1. The van der Waals surface area contributed by atoms with Crippen molar-refractivity contribution in [1.82, 2.24) is 10.2 Å². The van der Waals surface area contributed by atoms with Crippen LogP contribution in [0.1, 0.15) is 19.4 Å². The first-order valence-electron chi connectivity index (χ1n) is 6.81. The molecule has 7 heteroatoms. The highest BCUT2D eigenvalue weighted by atomic mass is 19.4. The highest BCUT2D eigenvalue weighted by molar-refractivity contribution is 5.89. The van der Waals surface area contributed by atoms with E-state index in [0.717, 1.165) is 31.8 Å². The van der Waals surface area contributed by atoms with Crippen LogP contribution in [0.2, 0.25) is 0 Å². The quantitative estimate of drug-likeness (QED) is 0.848. The van der Waals surface area contributed by atoms with Gasteiger partial charge in [0, 0.05) is 18.8 Å². The molecule has 0 atom stereocenters. The van der Waals surface area contributed by atoms with Crippen molar-refractivity contribution in [3.05, 3.63) is 29.8 Å². The Labute approximate surface area is 122 Å². The first-order valence-corrected chi connectivity index (χ1v) is 6.81. The van der Waals surface area contributed by atoms with Crippen LogP contribution >= 0.6 is 0 Å². The van der Waals surface area contributed by atoms with E-state index in [2.05, 4.69) is 15.5 Å². The van der Waals surface area contributed by atoms with Crippen molar-refractivity contribution in [2.45, 2.75) is 20.0 Å². The number of benzene rings is 1. The number of amides is 2. The van der Waals surface area contributed by atoms with E-state index in [4.69, 9.17) is 0 Å². The number of hydrogen-bond acceptors (Lipinski definition) is 2. The number of anilines is 1. The minimum atomic E-state index is -4.37. The van der Waals surface area contributed by atoms with Gasteiger partial charge in [0.15, 0.2) is 0 Å². The zero-order valence-electron chi connectivity index (χ0n) is 12.1. The predicted octanol–water partition coefficient (Wildman–Crippen LogP) is 3.17. The van der Waals surface area contributed by atoms with Gasteiger partial charge in [0.25, 0.3) is 0 Å². The van der Waals surface area contributed by atoms with Crippen molar-refractivity contribution >= 4 is 11.7 Å². The van der Waals surface area contributed by atoms with Gasteiger partial charge in [0.05, 0.1) is 5.56 Å². The Morgan fingerprint density at radius 3 is 2.19 bits per heavy atom. The molecule has 0 aromatic heterocycles. The first-order chi connectivity index (χ1) is 9.86. The molecule has 4 nitrogen and oxygen atoms in total. The van der Waals surface area contributed by atoms with E-state index in [9.17, 15) is 18.0 Å². The topological polar surface area (TPSA) is 44.4 Å². The van der Waals surface area contributed by atoms with Crippen LogP contribution < -0.4 is 10.6 Å². The minimum absolute atomic E-state index is 0.323. The molecule has 0 aliphatic rings. The van der Waals surface area contributed by atoms with Gasteiger partial charge in [-0.3, -0.25) is 0 Å². The van der Waals surface area contributed by atoms with Gasteiger partial charge in [0.2, 0.25) is 0 Å². The van der Waals surface area contributed by atoms with Crippen LogP contribution in [0.3, 0.4) is 0 Å². The number of nitrogens with one attached hydrogen (secondary N) is 2. The summed E-state index contributed by atoms with van der Waals surface area (Å²) >= 11 is 0. The second-order valence-electron chi connectivity index (χ2n) is 4.48. The molecule has 1 aromatic carbocycles. The number of halogens is 3. The molecule has 0 fully saturated rings. The fourth-order valence-electron chi connectivity index (χ4n) is 1.79. The summed E-state index contributed by atoms with van der Waals surface area (Å²) in [6.07, 6.45) is -4.37. The molecule has 0 aliphatic heterocycles. The summed E-state index contributed by atoms with van der Waals surface area (Å²) < 4.78 is 37.2. The van der Waals surface area contributed by atoms with Crippen LogP contribution in [0.25, 0.3) is 0 Å². The molecule has 1 aromatic rings. The molecule has 118 valence electrons. The smallest absolute Gasteiger partial charge is 0.337 e. The minimum Gasteiger partial charge on any atom is -0.337 e. The average Bonchev–Trinajstić information content (AvgIpc) is 2.43. The largest absolute Gasteiger partial charge is 0.416 e. The predicted molar refractivity (Wildman–Crippen MR) is 76.3 cm³/mol. The third-order valence-electron chi connectivity index (χ3n) is 3.08. The number of nitrogens with zero attached hydrogens (tertiary/aromatic N) is 1. The van der Waals surface area contributed by atoms with Gasteiger partial charge in [-0.2, -0.15) is 13.2 Å². The molecule has 0 aliphatic carbocycles. The molecule has 0 saturated heterocycles. The summed E-state index contributed by atoms with van der Waals surface area (Å²) in [7, 11) is 0. The van der Waals surface area contributed by atoms with Gasteiger partial charge in [-0.1, -0.05) is 13.8 Å². The van der Waals surface area contributed by atoms with E-state index in [-0.39, 0.29) is 0 Å². The normalized spacial score (nSPS) is 11.5. The zero-order chi connectivity index (χ0) is 15.9. The van der Waals surface area contributed by atoms with E-state index in [1.165, 1.54) is 12.1 Å². The number of carbonyl (C=O) groups is 1. The van der Waals surface area contributed by atoms with Crippen LogP contribution in [-0.2, 0) is 6.18 Å². The number of carbonyl (C=O) groups excluding carboxylic acids is 1. The fraction of sp³-hybridized carbons (Fsp3) is 0.500. The molecule has 0 bridgehead atoms. The molecule has 2 N–H and O–H groups in total. The summed E-state index contributed by atoms with van der Waals surface area (Å²) in [5.74, 6) is 0. The Balaban J connectivity index is 2.41. The van der Waals surface area contributed by atoms with Crippen molar-refractivity contribution < 1.29 is 18.0 Å². The molecule has 1 rings (SSSR count). The van der Waals surface area contributed by atoms with Crippen LogP contribution in [0.5, 0.6) is 0 Å². The summed E-state index contributed by atoms with van der Waals surface area (Å²) in [6.45, 7) is 7.08. The summed E-state index contributed by atoms with van der Waals surface area (Å²) in [6, 6.07) is 3.90. The standard InChI is InChI=1S/C14H20F3N3O/c1-3-20(4-2)10-9-18-13(21)19-12-7-5-11(6-8-12)14(15,16)17/h5-8H,3-4,9-10H2,1-2H3,(H2,18,19,21). The van der Waals surface area contributed by atoms with Crippen LogP contribution in [0.15, 0.2) is 24.3 Å². The maximum atomic E-state index is 12.4. The molecular formula is C14H20F3N3O. The Bertz CT molecular complexity index is 442. The zero-order valence-corrected chi connectivity index (χ0v) is 12.1. The molecule has 0 unspecified atom stereocenters. The van der Waals surface area contributed by atoms with Gasteiger partial charge in [-0.15, -0.1) is 0 Å². The lowest BCUT2D eigenvalue weighted by molar-refractivity contribution is -0.137. The van der Waals surface area contributed by atoms with Crippen molar-refractivity contribution in [1.29, 1.82) is 0 Å². The first kappa shape index (κ1) is 17.3. The second kappa shape index (κ2) is 7.87. The number of rotatable bonds is 6. The molecule has 0 radical (unpaired) electrons. The highest BCUT2D eigenvalue weighted by Crippen LogP contribution is 2.29. The molecule has 2 amide bonds. The van der Waals surface area contributed by atoms with Crippen molar-refractivity contribution in [2.24, 2.45) is 0 Å². The van der Waals surface area contributed by atoms with E-state index < -0.39 is 17.8 Å². The number of alkyl halides is 3. The second-order valence-corrected chi connectivity index (χ2v) is 4.48. The lowest BCUT2D eigenvalue weighted by Gasteiger charge is -2.18. The third-order valence-corrected chi connectivity index (χ3v) is 3.08. The Morgan fingerprint density at radius 2 is 1.71 bits per heavy atom. The van der Waals surface area contributed by atoms with Crippen LogP contribution in [0, 0.1) is 0 Å². The molecule has 0 heterocycles. The van der Waals surface area contributed by atoms with E-state index in [1.807, 2.05) is 13.8 Å². The summed E-state index contributed by atoms with van der Waals surface area (Å²) in [4.78, 5) is 13.7. The maximum absolute atomic E-state index is 12.4. The molecule has 0 spiro atoms. The van der Waals surface area contributed by atoms with Crippen molar-refractivity contribution in [3.63, 3.8) is 0 Å². The van der Waals surface area contributed by atoms with Crippen molar-refractivity contribution in [2.75, 3.05) is 31.5 Å². The Morgan fingerprint density at radius 1 is 1.14 bits per heavy atom. The van der Waals surface area contributed by atoms with Gasteiger partial charge in [-0.05, 0) is 37.4 Å². The summed E-state index contributed by atoms with van der Waals surface area (Å²) in [5.41, 5.74) is -0.418. The van der Waals surface area contributed by atoms with Crippen LogP contribution in [0.4, 0.5) is 23.7 Å². The monoisotopic (exact) mass is 303 g/mol. The van der Waals surface area contributed by atoms with Gasteiger partial charge < -0.3 is 15.5 Å². The fourth-order valence-corrected chi connectivity index (χ4v) is 1.79. The lowest BCUT2D eigenvalue weighted by Crippen LogP contribution is -2.36. The average molecular weight is 303 g/mol. The van der Waals surface area contributed by atoms with Crippen LogP contribution in [-0.4, -0.2) is 37.1 Å². The highest BCUT2D eigenvalue weighted by Gasteiger charge is 2.29. The van der Waals surface area contributed by atoms with Gasteiger partial charge in [0.1, 0.15) is 0 Å². The van der Waals surface area contributed by atoms with E-state index >= 15 is 0 Å². The van der Waals surface area contributed by atoms with E-state index in [0.29, 0.717) is 12.2 Å². The lowest BCUT2D eigenvalue weighted by atomic mass is 10.2. The van der Waals surface area contributed by atoms with Gasteiger partial charge >= 0.3 is 12.2 Å². The molecule has 21 heavy (non-hydrogen) atoms. The maximum Gasteiger partial charge on any atom is 0.416 e. The Hall–Kier alpha value is -1.76.